The van der Waals surface area contributed by atoms with E-state index in [1.54, 1.807) is 0 Å². The van der Waals surface area contributed by atoms with Crippen LogP contribution in [-0.2, 0) is 0 Å². The van der Waals surface area contributed by atoms with Gasteiger partial charge in [0.2, 0.25) is 0 Å². The van der Waals surface area contributed by atoms with E-state index < -0.39 is 0 Å². The van der Waals surface area contributed by atoms with E-state index in [2.05, 4.69) is 10.3 Å². The van der Waals surface area contributed by atoms with Gasteiger partial charge in [0, 0.05) is 11.1 Å². The lowest BCUT2D eigenvalue weighted by atomic mass is 10.2. The van der Waals surface area contributed by atoms with Crippen LogP contribution in [0.25, 0.3) is 11.0 Å². The molecule has 4 heteroatoms. The molecule has 2 heterocycles. The fraction of sp³-hybridized carbons (Fsp3) is 0.125. The summed E-state index contributed by atoms with van der Waals surface area (Å²) in [5.41, 5.74) is 2.94. The molecule has 0 saturated carbocycles. The molecule has 20 heavy (non-hydrogen) atoms. The zero-order valence-corrected chi connectivity index (χ0v) is 12.1. The second-order valence-corrected chi connectivity index (χ2v) is 5.18. The molecule has 0 spiro atoms. The molecule has 0 fully saturated rings. The summed E-state index contributed by atoms with van der Waals surface area (Å²) in [4.78, 5) is 4.95. The molecule has 0 aliphatic carbocycles. The largest absolute Gasteiger partial charge is 0.454 e. The maximum absolute atomic E-state index is 5.73. The van der Waals surface area contributed by atoms with Crippen LogP contribution in [0.1, 0.15) is 17.0 Å². The van der Waals surface area contributed by atoms with E-state index in [4.69, 9.17) is 16.6 Å². The number of pyridine rings is 1. The van der Waals surface area contributed by atoms with Crippen molar-refractivity contribution in [2.75, 3.05) is 5.32 Å². The first-order valence-electron chi connectivity index (χ1n) is 6.37. The number of benzene rings is 1. The number of thiocarbonyl (C=S) groups is 1. The fourth-order valence-electron chi connectivity index (χ4n) is 2.18. The SMILES string of the molecule is Cc1cc(C)nc(NC(=S)c2cc3ccccc3o2)c1. The summed E-state index contributed by atoms with van der Waals surface area (Å²) in [7, 11) is 0. The van der Waals surface area contributed by atoms with Gasteiger partial charge >= 0.3 is 0 Å². The highest BCUT2D eigenvalue weighted by molar-refractivity contribution is 7.81. The molecule has 3 nitrogen and oxygen atoms in total. The number of fused-ring (bicyclic) bond motifs is 1. The molecule has 0 unspecified atom stereocenters. The highest BCUT2D eigenvalue weighted by Gasteiger charge is 2.09. The van der Waals surface area contributed by atoms with Crippen LogP contribution in [0.2, 0.25) is 0 Å². The molecule has 3 rings (SSSR count). The summed E-state index contributed by atoms with van der Waals surface area (Å²) in [5.74, 6) is 1.40. The highest BCUT2D eigenvalue weighted by atomic mass is 32.1. The van der Waals surface area contributed by atoms with Crippen molar-refractivity contribution in [2.45, 2.75) is 13.8 Å². The Balaban J connectivity index is 1.88. The summed E-state index contributed by atoms with van der Waals surface area (Å²) in [6.07, 6.45) is 0. The molecule has 0 bridgehead atoms. The van der Waals surface area contributed by atoms with Crippen LogP contribution in [0.15, 0.2) is 46.9 Å². The number of furan rings is 1. The molecule has 0 aliphatic rings. The second kappa shape index (κ2) is 5.06. The molecule has 0 saturated heterocycles. The molecule has 0 atom stereocenters. The van der Waals surface area contributed by atoms with Crippen LogP contribution in [0.3, 0.4) is 0 Å². The van der Waals surface area contributed by atoms with Crippen molar-refractivity contribution in [3.05, 3.63) is 59.5 Å². The molecule has 1 aromatic carbocycles. The lowest BCUT2D eigenvalue weighted by Crippen LogP contribution is -2.11. The van der Waals surface area contributed by atoms with Crippen LogP contribution in [0.5, 0.6) is 0 Å². The van der Waals surface area contributed by atoms with Gasteiger partial charge in [-0.05, 0) is 43.7 Å². The highest BCUT2D eigenvalue weighted by Crippen LogP contribution is 2.20. The van der Waals surface area contributed by atoms with Crippen molar-refractivity contribution in [3.63, 3.8) is 0 Å². The lowest BCUT2D eigenvalue weighted by Gasteiger charge is -2.06. The standard InChI is InChI=1S/C16H14N2OS/c1-10-7-11(2)17-15(8-10)18-16(20)14-9-12-5-3-4-6-13(12)19-14/h3-9H,1-2H3,(H,17,18,20). The fourth-order valence-corrected chi connectivity index (χ4v) is 2.38. The number of aryl methyl sites for hydroxylation is 2. The maximum Gasteiger partial charge on any atom is 0.162 e. The molecule has 100 valence electrons. The average Bonchev–Trinajstić information content (AvgIpc) is 2.81. The Morgan fingerprint density at radius 3 is 2.70 bits per heavy atom. The topological polar surface area (TPSA) is 38.1 Å². The average molecular weight is 282 g/mol. The van der Waals surface area contributed by atoms with Gasteiger partial charge in [0.15, 0.2) is 5.76 Å². The van der Waals surface area contributed by atoms with E-state index in [-0.39, 0.29) is 0 Å². The van der Waals surface area contributed by atoms with E-state index in [1.807, 2.05) is 56.3 Å². The first kappa shape index (κ1) is 12.8. The normalized spacial score (nSPS) is 10.7. The Hall–Kier alpha value is -2.20. The minimum Gasteiger partial charge on any atom is -0.454 e. The molecule has 3 aromatic rings. The van der Waals surface area contributed by atoms with Gasteiger partial charge in [-0.3, -0.25) is 0 Å². The third kappa shape index (κ3) is 2.56. The van der Waals surface area contributed by atoms with Gasteiger partial charge in [0.25, 0.3) is 0 Å². The van der Waals surface area contributed by atoms with Gasteiger partial charge in [-0.1, -0.05) is 30.4 Å². The minimum atomic E-state index is 0.540. The zero-order valence-electron chi connectivity index (χ0n) is 11.3. The van der Waals surface area contributed by atoms with Gasteiger partial charge in [-0.25, -0.2) is 4.98 Å². The first-order valence-corrected chi connectivity index (χ1v) is 6.78. The number of hydrogen-bond donors (Lipinski definition) is 1. The Kier molecular flexibility index (Phi) is 3.24. The molecular formula is C16H14N2OS. The van der Waals surface area contributed by atoms with Crippen LogP contribution < -0.4 is 5.32 Å². The van der Waals surface area contributed by atoms with Crippen molar-refractivity contribution in [1.82, 2.24) is 4.98 Å². The van der Waals surface area contributed by atoms with Crippen molar-refractivity contribution in [1.29, 1.82) is 0 Å². The number of anilines is 1. The van der Waals surface area contributed by atoms with Gasteiger partial charge < -0.3 is 9.73 Å². The van der Waals surface area contributed by atoms with E-state index in [0.29, 0.717) is 10.7 Å². The van der Waals surface area contributed by atoms with Gasteiger partial charge in [-0.2, -0.15) is 0 Å². The zero-order chi connectivity index (χ0) is 14.1. The Bertz CT molecular complexity index is 739. The number of nitrogens with zero attached hydrogens (tertiary/aromatic N) is 1. The van der Waals surface area contributed by atoms with E-state index in [1.165, 1.54) is 0 Å². The monoisotopic (exact) mass is 282 g/mol. The Morgan fingerprint density at radius 1 is 1.15 bits per heavy atom. The number of para-hydroxylation sites is 1. The third-order valence-corrected chi connectivity index (χ3v) is 3.29. The summed E-state index contributed by atoms with van der Waals surface area (Å²) in [6.45, 7) is 3.99. The second-order valence-electron chi connectivity index (χ2n) is 4.77. The predicted octanol–water partition coefficient (Wildman–Crippen LogP) is 4.23. The number of nitrogens with one attached hydrogen (secondary N) is 1. The molecule has 2 aromatic heterocycles. The lowest BCUT2D eigenvalue weighted by molar-refractivity contribution is 0.606. The third-order valence-electron chi connectivity index (χ3n) is 2.99. The summed E-state index contributed by atoms with van der Waals surface area (Å²) in [5, 5.41) is 4.17. The summed E-state index contributed by atoms with van der Waals surface area (Å²) in [6, 6.07) is 13.8. The van der Waals surface area contributed by atoms with E-state index >= 15 is 0 Å². The predicted molar refractivity (Wildman–Crippen MR) is 85.2 cm³/mol. The van der Waals surface area contributed by atoms with Gasteiger partial charge in [0.05, 0.1) is 0 Å². The van der Waals surface area contributed by atoms with Crippen LogP contribution >= 0.6 is 12.2 Å². The van der Waals surface area contributed by atoms with Crippen molar-refractivity contribution in [3.8, 4) is 0 Å². The molecule has 0 amide bonds. The molecule has 0 aliphatic heterocycles. The first-order chi connectivity index (χ1) is 9.61. The summed E-state index contributed by atoms with van der Waals surface area (Å²) < 4.78 is 5.73. The van der Waals surface area contributed by atoms with Crippen molar-refractivity contribution < 1.29 is 4.42 Å². The number of hydrogen-bond acceptors (Lipinski definition) is 3. The van der Waals surface area contributed by atoms with E-state index in [9.17, 15) is 0 Å². The summed E-state index contributed by atoms with van der Waals surface area (Å²) >= 11 is 5.39. The van der Waals surface area contributed by atoms with Crippen LogP contribution in [0.4, 0.5) is 5.82 Å². The van der Waals surface area contributed by atoms with Crippen molar-refractivity contribution >= 4 is 34.0 Å². The Morgan fingerprint density at radius 2 is 1.95 bits per heavy atom. The molecule has 1 N–H and O–H groups in total. The maximum atomic E-state index is 5.73. The van der Waals surface area contributed by atoms with Crippen LogP contribution in [-0.4, -0.2) is 9.97 Å². The van der Waals surface area contributed by atoms with Gasteiger partial charge in [-0.15, -0.1) is 0 Å². The van der Waals surface area contributed by atoms with E-state index in [0.717, 1.165) is 28.0 Å². The van der Waals surface area contributed by atoms with Crippen LogP contribution in [0, 0.1) is 13.8 Å². The number of aromatic nitrogens is 1. The minimum absolute atomic E-state index is 0.540. The smallest absolute Gasteiger partial charge is 0.162 e. The van der Waals surface area contributed by atoms with Gasteiger partial charge in [0.1, 0.15) is 16.4 Å². The number of rotatable bonds is 2. The Labute approximate surface area is 122 Å². The molecule has 0 radical (unpaired) electrons. The quantitative estimate of drug-likeness (QED) is 0.714. The molecular weight excluding hydrogens is 268 g/mol. The van der Waals surface area contributed by atoms with Crippen molar-refractivity contribution in [2.24, 2.45) is 0 Å².